The molecule has 41 heavy (non-hydrogen) atoms. The maximum Gasteiger partial charge on any atom is 0.344 e. The SMILES string of the molecule is CCOC(=O)COc1ccccc1/C=c1/sc2n(c1=O)[C@@H](c1ccc(F)cc1)C(C(=O)Nc1ccccc1)=C(C)N=2. The van der Waals surface area contributed by atoms with Gasteiger partial charge < -0.3 is 14.8 Å². The van der Waals surface area contributed by atoms with Gasteiger partial charge in [-0.2, -0.15) is 0 Å². The van der Waals surface area contributed by atoms with Gasteiger partial charge in [-0.25, -0.2) is 14.2 Å². The molecule has 0 bridgehead atoms. The van der Waals surface area contributed by atoms with E-state index in [1.165, 1.54) is 16.7 Å². The molecular formula is C31H26FN3O5S. The third-order valence-electron chi connectivity index (χ3n) is 6.34. The Labute approximate surface area is 238 Å². The van der Waals surface area contributed by atoms with Gasteiger partial charge in [-0.15, -0.1) is 0 Å². The third kappa shape index (κ3) is 6.02. The van der Waals surface area contributed by atoms with Crippen LogP contribution < -0.4 is 24.9 Å². The van der Waals surface area contributed by atoms with Crippen LogP contribution in [0.25, 0.3) is 6.08 Å². The molecule has 10 heteroatoms. The summed E-state index contributed by atoms with van der Waals surface area (Å²) in [6.45, 7) is 3.39. The summed E-state index contributed by atoms with van der Waals surface area (Å²) in [5, 5.41) is 2.88. The van der Waals surface area contributed by atoms with Gasteiger partial charge in [0.25, 0.3) is 11.5 Å². The summed E-state index contributed by atoms with van der Waals surface area (Å²) in [4.78, 5) is 44.3. The Morgan fingerprint density at radius 3 is 2.49 bits per heavy atom. The number of halogens is 1. The molecule has 4 aromatic rings. The summed E-state index contributed by atoms with van der Waals surface area (Å²) >= 11 is 1.16. The minimum atomic E-state index is -0.840. The summed E-state index contributed by atoms with van der Waals surface area (Å²) in [5.74, 6) is -0.950. The van der Waals surface area contributed by atoms with Crippen molar-refractivity contribution in [2.45, 2.75) is 19.9 Å². The van der Waals surface area contributed by atoms with E-state index in [0.29, 0.717) is 37.6 Å². The molecule has 1 aliphatic rings. The standard InChI is InChI=1S/C31H26FN3O5S/c1-3-39-26(36)18-40-24-12-8-7-9-21(24)17-25-30(38)35-28(20-13-15-22(32)16-14-20)27(19(2)33-31(35)41-25)29(37)34-23-10-5-4-6-11-23/h4-17,28H,3,18H2,1-2H3,(H,34,37)/b25-17+/t28-/m0/s1. The molecule has 1 aromatic heterocycles. The number of esters is 1. The Morgan fingerprint density at radius 2 is 1.76 bits per heavy atom. The van der Waals surface area contributed by atoms with Gasteiger partial charge in [-0.05, 0) is 55.8 Å². The zero-order valence-electron chi connectivity index (χ0n) is 22.3. The molecule has 0 radical (unpaired) electrons. The quantitative estimate of drug-likeness (QED) is 0.323. The van der Waals surface area contributed by atoms with Gasteiger partial charge >= 0.3 is 5.97 Å². The van der Waals surface area contributed by atoms with E-state index in [-0.39, 0.29) is 24.3 Å². The lowest BCUT2D eigenvalue weighted by atomic mass is 9.95. The molecule has 0 aliphatic carbocycles. The van der Waals surface area contributed by atoms with Crippen LogP contribution in [0.4, 0.5) is 10.1 Å². The molecule has 0 fully saturated rings. The number of carbonyl (C=O) groups excluding carboxylic acids is 2. The van der Waals surface area contributed by atoms with Crippen LogP contribution in [0.1, 0.15) is 31.0 Å². The van der Waals surface area contributed by atoms with Gasteiger partial charge in [-0.1, -0.05) is 59.9 Å². The van der Waals surface area contributed by atoms with Crippen molar-refractivity contribution in [2.75, 3.05) is 18.5 Å². The molecule has 0 saturated heterocycles. The van der Waals surface area contributed by atoms with Crippen molar-refractivity contribution in [3.63, 3.8) is 0 Å². The van der Waals surface area contributed by atoms with E-state index >= 15 is 0 Å². The van der Waals surface area contributed by atoms with Crippen LogP contribution in [0, 0.1) is 5.82 Å². The van der Waals surface area contributed by atoms with Crippen molar-refractivity contribution in [1.29, 1.82) is 0 Å². The zero-order chi connectivity index (χ0) is 28.9. The van der Waals surface area contributed by atoms with E-state index < -0.39 is 23.7 Å². The highest BCUT2D eigenvalue weighted by atomic mass is 32.1. The van der Waals surface area contributed by atoms with Crippen molar-refractivity contribution >= 4 is 35.0 Å². The fraction of sp³-hybridized carbons (Fsp3) is 0.161. The number of hydrogen-bond acceptors (Lipinski definition) is 7. The summed E-state index contributed by atoms with van der Waals surface area (Å²) in [5.41, 5.74) is 2.08. The molecule has 0 saturated carbocycles. The van der Waals surface area contributed by atoms with Crippen molar-refractivity contribution in [2.24, 2.45) is 4.99 Å². The number of allylic oxidation sites excluding steroid dienone is 1. The molecule has 2 heterocycles. The zero-order valence-corrected chi connectivity index (χ0v) is 23.1. The number of amides is 1. The highest BCUT2D eigenvalue weighted by Crippen LogP contribution is 2.31. The lowest BCUT2D eigenvalue weighted by molar-refractivity contribution is -0.145. The summed E-state index contributed by atoms with van der Waals surface area (Å²) < 4.78 is 26.3. The average Bonchev–Trinajstić information content (AvgIpc) is 3.27. The maximum atomic E-state index is 13.9. The first kappa shape index (κ1) is 27.7. The minimum absolute atomic E-state index is 0.241. The van der Waals surface area contributed by atoms with Crippen LogP contribution in [0.5, 0.6) is 5.75 Å². The monoisotopic (exact) mass is 571 g/mol. The van der Waals surface area contributed by atoms with Gasteiger partial charge in [0.15, 0.2) is 11.4 Å². The predicted octanol–water partition coefficient (Wildman–Crippen LogP) is 3.95. The van der Waals surface area contributed by atoms with E-state index in [9.17, 15) is 18.8 Å². The summed E-state index contributed by atoms with van der Waals surface area (Å²) in [7, 11) is 0. The van der Waals surface area contributed by atoms with Gasteiger partial charge in [-0.3, -0.25) is 14.2 Å². The fourth-order valence-corrected chi connectivity index (χ4v) is 5.54. The largest absolute Gasteiger partial charge is 0.481 e. The molecule has 0 unspecified atom stereocenters. The Hall–Kier alpha value is -4.83. The highest BCUT2D eigenvalue weighted by Gasteiger charge is 2.32. The Balaban J connectivity index is 1.60. The van der Waals surface area contributed by atoms with Gasteiger partial charge in [0.05, 0.1) is 28.5 Å². The topological polar surface area (TPSA) is 99.0 Å². The number of ether oxygens (including phenoxy) is 2. The van der Waals surface area contributed by atoms with Gasteiger partial charge in [0.1, 0.15) is 11.6 Å². The number of nitrogens with zero attached hydrogens (tertiary/aromatic N) is 2. The number of benzene rings is 3. The van der Waals surface area contributed by atoms with Crippen molar-refractivity contribution in [3.05, 3.63) is 127 Å². The second kappa shape index (κ2) is 12.1. The molecule has 1 atom stereocenters. The van der Waals surface area contributed by atoms with E-state index in [0.717, 1.165) is 11.3 Å². The second-order valence-corrected chi connectivity index (χ2v) is 10.1. The van der Waals surface area contributed by atoms with E-state index in [1.54, 1.807) is 80.6 Å². The lowest BCUT2D eigenvalue weighted by Crippen LogP contribution is -2.40. The van der Waals surface area contributed by atoms with Gasteiger partial charge in [0, 0.05) is 11.3 Å². The molecule has 0 spiro atoms. The second-order valence-electron chi connectivity index (χ2n) is 9.09. The number of carbonyl (C=O) groups is 2. The number of anilines is 1. The first-order valence-electron chi connectivity index (χ1n) is 12.9. The number of fused-ring (bicyclic) bond motifs is 1. The van der Waals surface area contributed by atoms with Crippen LogP contribution in [0.15, 0.2) is 99.9 Å². The summed E-state index contributed by atoms with van der Waals surface area (Å²) in [6.07, 6.45) is 1.66. The van der Waals surface area contributed by atoms with E-state index in [2.05, 4.69) is 10.3 Å². The minimum Gasteiger partial charge on any atom is -0.481 e. The molecule has 1 N–H and O–H groups in total. The number of aromatic nitrogens is 1. The molecule has 8 nitrogen and oxygen atoms in total. The molecule has 3 aromatic carbocycles. The van der Waals surface area contributed by atoms with Crippen LogP contribution >= 0.6 is 11.3 Å². The van der Waals surface area contributed by atoms with Crippen LogP contribution in [0.3, 0.4) is 0 Å². The van der Waals surface area contributed by atoms with Gasteiger partial charge in [0.2, 0.25) is 0 Å². The fourth-order valence-electron chi connectivity index (χ4n) is 4.50. The van der Waals surface area contributed by atoms with Crippen molar-refractivity contribution < 1.29 is 23.5 Å². The highest BCUT2D eigenvalue weighted by molar-refractivity contribution is 7.07. The van der Waals surface area contributed by atoms with E-state index in [4.69, 9.17) is 9.47 Å². The summed E-state index contributed by atoms with van der Waals surface area (Å²) in [6, 6.07) is 20.8. The van der Waals surface area contributed by atoms with Crippen molar-refractivity contribution in [1.82, 2.24) is 4.57 Å². The molecule has 5 rings (SSSR count). The molecule has 208 valence electrons. The van der Waals surface area contributed by atoms with E-state index in [1.807, 2.05) is 6.07 Å². The lowest BCUT2D eigenvalue weighted by Gasteiger charge is -2.25. The number of hydrogen-bond donors (Lipinski definition) is 1. The van der Waals surface area contributed by atoms with Crippen LogP contribution in [-0.2, 0) is 14.3 Å². The first-order chi connectivity index (χ1) is 19.9. The average molecular weight is 572 g/mol. The Morgan fingerprint density at radius 1 is 1.05 bits per heavy atom. The van der Waals surface area contributed by atoms with Crippen molar-refractivity contribution in [3.8, 4) is 5.75 Å². The molecule has 1 aliphatic heterocycles. The number of nitrogens with one attached hydrogen (secondary N) is 1. The molecular weight excluding hydrogens is 545 g/mol. The normalized spacial score (nSPS) is 14.7. The van der Waals surface area contributed by atoms with Crippen LogP contribution in [0.2, 0.25) is 0 Å². The van der Waals surface area contributed by atoms with Crippen LogP contribution in [-0.4, -0.2) is 29.7 Å². The maximum absolute atomic E-state index is 13.9. The molecule has 1 amide bonds. The smallest absolute Gasteiger partial charge is 0.344 e. The number of thiazole rings is 1. The number of rotatable bonds is 8. The third-order valence-corrected chi connectivity index (χ3v) is 7.32. The Kier molecular flexibility index (Phi) is 8.21. The Bertz CT molecular complexity index is 1810. The first-order valence-corrected chi connectivity index (χ1v) is 13.7. The number of para-hydroxylation sites is 2. The predicted molar refractivity (Wildman–Crippen MR) is 154 cm³/mol.